The molecule has 20 heavy (non-hydrogen) atoms. The van der Waals surface area contributed by atoms with E-state index in [0.717, 1.165) is 0 Å². The van der Waals surface area contributed by atoms with Crippen molar-refractivity contribution in [2.45, 2.75) is 26.4 Å². The average molecular weight is 280 g/mol. The molecule has 1 amide bonds. The van der Waals surface area contributed by atoms with Gasteiger partial charge in [-0.2, -0.15) is 0 Å². The van der Waals surface area contributed by atoms with Crippen molar-refractivity contribution in [2.75, 3.05) is 19.0 Å². The van der Waals surface area contributed by atoms with E-state index in [0.29, 0.717) is 17.0 Å². The molecule has 0 aliphatic heterocycles. The highest BCUT2D eigenvalue weighted by Gasteiger charge is 2.13. The quantitative estimate of drug-likeness (QED) is 0.771. The van der Waals surface area contributed by atoms with Crippen LogP contribution < -0.4 is 15.8 Å². The fourth-order valence-corrected chi connectivity index (χ4v) is 1.55. The van der Waals surface area contributed by atoms with E-state index < -0.39 is 5.97 Å². The summed E-state index contributed by atoms with van der Waals surface area (Å²) in [5.41, 5.74) is 6.17. The number of amides is 1. The molecular weight excluding hydrogens is 260 g/mol. The van der Waals surface area contributed by atoms with Crippen LogP contribution in [0, 0.1) is 0 Å². The fourth-order valence-electron chi connectivity index (χ4n) is 1.55. The Balaban J connectivity index is 2.90. The molecule has 0 unspecified atom stereocenters. The van der Waals surface area contributed by atoms with Crippen LogP contribution in [-0.4, -0.2) is 31.6 Å². The molecule has 3 N–H and O–H groups in total. The summed E-state index contributed by atoms with van der Waals surface area (Å²) in [6, 6.07) is 4.71. The van der Waals surface area contributed by atoms with Crippen molar-refractivity contribution in [1.29, 1.82) is 0 Å². The molecule has 1 rings (SSSR count). The van der Waals surface area contributed by atoms with Gasteiger partial charge >= 0.3 is 5.97 Å². The van der Waals surface area contributed by atoms with Gasteiger partial charge in [-0.15, -0.1) is 0 Å². The molecule has 0 heterocycles. The smallest absolute Gasteiger partial charge is 0.338 e. The number of nitrogens with two attached hydrogens (primary N) is 1. The van der Waals surface area contributed by atoms with Gasteiger partial charge in [0.2, 0.25) is 5.91 Å². The Morgan fingerprint density at radius 3 is 2.60 bits per heavy atom. The van der Waals surface area contributed by atoms with E-state index in [1.54, 1.807) is 26.0 Å². The molecule has 0 aromatic heterocycles. The number of esters is 1. The van der Waals surface area contributed by atoms with Crippen LogP contribution in [0.1, 0.15) is 30.6 Å². The summed E-state index contributed by atoms with van der Waals surface area (Å²) in [7, 11) is 1.46. The molecule has 0 fully saturated rings. The third-order valence-electron chi connectivity index (χ3n) is 2.43. The Morgan fingerprint density at radius 1 is 1.35 bits per heavy atom. The number of nitrogens with one attached hydrogen (secondary N) is 1. The van der Waals surface area contributed by atoms with Crippen molar-refractivity contribution in [1.82, 2.24) is 0 Å². The molecule has 0 saturated carbocycles. The highest BCUT2D eigenvalue weighted by atomic mass is 16.5. The molecule has 6 heteroatoms. The maximum atomic E-state index is 11.8. The maximum absolute atomic E-state index is 11.8. The number of benzene rings is 1. The first-order valence-electron chi connectivity index (χ1n) is 6.36. The second-order valence-electron chi connectivity index (χ2n) is 4.46. The summed E-state index contributed by atoms with van der Waals surface area (Å²) in [5, 5.41) is 2.67. The van der Waals surface area contributed by atoms with Crippen LogP contribution in [0.3, 0.4) is 0 Å². The Kier molecular flexibility index (Phi) is 5.99. The molecule has 0 saturated heterocycles. The Morgan fingerprint density at radius 2 is 2.05 bits per heavy atom. The predicted octanol–water partition coefficient (Wildman–Crippen LogP) is 1.55. The standard InChI is InChI=1S/C14H20N2O4/c1-9(2)20-14(18)10-4-5-11(12(8-10)19-3)16-13(17)6-7-15/h4-5,8-9H,6-7,15H2,1-3H3,(H,16,17). The van der Waals surface area contributed by atoms with Gasteiger partial charge < -0.3 is 20.5 Å². The van der Waals surface area contributed by atoms with Gasteiger partial charge in [0.25, 0.3) is 0 Å². The highest BCUT2D eigenvalue weighted by molar-refractivity contribution is 5.95. The lowest BCUT2D eigenvalue weighted by Crippen LogP contribution is -2.17. The number of methoxy groups -OCH3 is 1. The minimum atomic E-state index is -0.432. The number of ether oxygens (including phenoxy) is 2. The number of hydrogen-bond donors (Lipinski definition) is 2. The normalized spacial score (nSPS) is 10.2. The molecule has 0 atom stereocenters. The molecule has 0 spiro atoms. The summed E-state index contributed by atoms with van der Waals surface area (Å²) in [4.78, 5) is 23.3. The average Bonchev–Trinajstić information content (AvgIpc) is 2.38. The topological polar surface area (TPSA) is 90.6 Å². The van der Waals surface area contributed by atoms with E-state index in [-0.39, 0.29) is 25.0 Å². The molecule has 0 aliphatic rings. The lowest BCUT2D eigenvalue weighted by molar-refractivity contribution is -0.116. The monoisotopic (exact) mass is 280 g/mol. The second-order valence-corrected chi connectivity index (χ2v) is 4.46. The van der Waals surface area contributed by atoms with Crippen molar-refractivity contribution in [3.05, 3.63) is 23.8 Å². The minimum absolute atomic E-state index is 0.197. The van der Waals surface area contributed by atoms with E-state index >= 15 is 0 Å². The van der Waals surface area contributed by atoms with Gasteiger partial charge in [0.1, 0.15) is 5.75 Å². The highest BCUT2D eigenvalue weighted by Crippen LogP contribution is 2.26. The number of anilines is 1. The molecule has 1 aromatic rings. The number of carbonyl (C=O) groups excluding carboxylic acids is 2. The first-order chi connectivity index (χ1) is 9.47. The van der Waals surface area contributed by atoms with Crippen LogP contribution in [-0.2, 0) is 9.53 Å². The summed E-state index contributed by atoms with van der Waals surface area (Å²) in [6.07, 6.45) is 0.0257. The largest absolute Gasteiger partial charge is 0.495 e. The number of hydrogen-bond acceptors (Lipinski definition) is 5. The number of carbonyl (C=O) groups is 2. The van der Waals surface area contributed by atoms with Gasteiger partial charge in [0.05, 0.1) is 24.5 Å². The molecule has 110 valence electrons. The van der Waals surface area contributed by atoms with Gasteiger partial charge in [-0.3, -0.25) is 4.79 Å². The van der Waals surface area contributed by atoms with Gasteiger partial charge in [-0.25, -0.2) is 4.79 Å². The van der Waals surface area contributed by atoms with Gasteiger partial charge in [-0.05, 0) is 32.0 Å². The van der Waals surface area contributed by atoms with Crippen LogP contribution in [0.5, 0.6) is 5.75 Å². The van der Waals surface area contributed by atoms with Crippen molar-refractivity contribution in [2.24, 2.45) is 5.73 Å². The molecule has 0 aliphatic carbocycles. The van der Waals surface area contributed by atoms with Gasteiger partial charge in [-0.1, -0.05) is 0 Å². The minimum Gasteiger partial charge on any atom is -0.495 e. The van der Waals surface area contributed by atoms with Crippen molar-refractivity contribution >= 4 is 17.6 Å². The summed E-state index contributed by atoms with van der Waals surface area (Å²) < 4.78 is 10.3. The first-order valence-corrected chi connectivity index (χ1v) is 6.36. The van der Waals surface area contributed by atoms with E-state index in [1.807, 2.05) is 0 Å². The fraction of sp³-hybridized carbons (Fsp3) is 0.429. The second kappa shape index (κ2) is 7.49. The van der Waals surface area contributed by atoms with Crippen LogP contribution in [0.25, 0.3) is 0 Å². The molecule has 6 nitrogen and oxygen atoms in total. The van der Waals surface area contributed by atoms with Crippen molar-refractivity contribution in [3.63, 3.8) is 0 Å². The number of rotatable bonds is 6. The van der Waals surface area contributed by atoms with Gasteiger partial charge in [0.15, 0.2) is 0 Å². The van der Waals surface area contributed by atoms with Crippen molar-refractivity contribution in [3.8, 4) is 5.75 Å². The van der Waals surface area contributed by atoms with Crippen LogP contribution in [0.15, 0.2) is 18.2 Å². The van der Waals surface area contributed by atoms with E-state index in [1.165, 1.54) is 13.2 Å². The Hall–Kier alpha value is -2.08. The first kappa shape index (κ1) is 16.0. The summed E-state index contributed by atoms with van der Waals surface area (Å²) >= 11 is 0. The van der Waals surface area contributed by atoms with E-state index in [2.05, 4.69) is 5.32 Å². The molecular formula is C14H20N2O4. The Labute approximate surface area is 118 Å². The SMILES string of the molecule is COc1cc(C(=O)OC(C)C)ccc1NC(=O)CCN. The van der Waals surface area contributed by atoms with Crippen LogP contribution >= 0.6 is 0 Å². The zero-order valence-corrected chi connectivity index (χ0v) is 11.9. The van der Waals surface area contributed by atoms with E-state index in [4.69, 9.17) is 15.2 Å². The van der Waals surface area contributed by atoms with Crippen LogP contribution in [0.2, 0.25) is 0 Å². The van der Waals surface area contributed by atoms with Crippen molar-refractivity contribution < 1.29 is 19.1 Å². The summed E-state index contributed by atoms with van der Waals surface area (Å²) in [6.45, 7) is 3.82. The lowest BCUT2D eigenvalue weighted by Gasteiger charge is -2.12. The van der Waals surface area contributed by atoms with E-state index in [9.17, 15) is 9.59 Å². The third-order valence-corrected chi connectivity index (χ3v) is 2.43. The van der Waals surface area contributed by atoms with Crippen LogP contribution in [0.4, 0.5) is 5.69 Å². The zero-order chi connectivity index (χ0) is 15.1. The molecule has 1 aromatic carbocycles. The Bertz CT molecular complexity index is 486. The van der Waals surface area contributed by atoms with Gasteiger partial charge in [0, 0.05) is 13.0 Å². The zero-order valence-electron chi connectivity index (χ0n) is 11.9. The third kappa shape index (κ3) is 4.55. The molecule has 0 bridgehead atoms. The molecule has 0 radical (unpaired) electrons. The summed E-state index contributed by atoms with van der Waals surface area (Å²) in [5.74, 6) is -0.241. The predicted molar refractivity (Wildman–Crippen MR) is 75.8 cm³/mol. The lowest BCUT2D eigenvalue weighted by atomic mass is 10.2. The maximum Gasteiger partial charge on any atom is 0.338 e.